The van der Waals surface area contributed by atoms with Gasteiger partial charge < -0.3 is 10.2 Å². The van der Waals surface area contributed by atoms with Crippen LogP contribution in [0.25, 0.3) is 0 Å². The maximum atomic E-state index is 8.85. The van der Waals surface area contributed by atoms with E-state index >= 15 is 0 Å². The minimum atomic E-state index is 0.322. The number of rotatable bonds is 1. The molecule has 0 spiro atoms. The lowest BCUT2D eigenvalue weighted by atomic mass is 10.2. The van der Waals surface area contributed by atoms with Crippen molar-refractivity contribution in [1.82, 2.24) is 0 Å². The summed E-state index contributed by atoms with van der Waals surface area (Å²) in [6.45, 7) is 14.1. The first kappa shape index (κ1) is 35.6. The van der Waals surface area contributed by atoms with Crippen molar-refractivity contribution >= 4 is 0 Å². The van der Waals surface area contributed by atoms with Gasteiger partial charge in [0, 0.05) is 0 Å². The van der Waals surface area contributed by atoms with Gasteiger partial charge in [0.1, 0.15) is 11.5 Å². The summed E-state index contributed by atoms with van der Waals surface area (Å²) in [4.78, 5) is 3.25. The summed E-state index contributed by atoms with van der Waals surface area (Å²) in [5.74, 6) is 0.662. The molecule has 4 nitrogen and oxygen atoms in total. The van der Waals surface area contributed by atoms with Crippen molar-refractivity contribution in [2.45, 2.75) is 54.9 Å². The van der Waals surface area contributed by atoms with Crippen LogP contribution < -0.4 is 0 Å². The van der Waals surface area contributed by atoms with Crippen LogP contribution in [-0.2, 0) is 11.3 Å². The van der Waals surface area contributed by atoms with E-state index in [0.29, 0.717) is 11.5 Å². The Balaban J connectivity index is -0.000000151. The zero-order chi connectivity index (χ0) is 24.8. The first-order chi connectivity index (χ1) is 15.1. The van der Waals surface area contributed by atoms with Gasteiger partial charge in [-0.1, -0.05) is 115 Å². The van der Waals surface area contributed by atoms with Gasteiger partial charge in [0.05, 0.1) is 7.11 Å². The number of hydrogen-bond donors (Lipinski definition) is 3. The molecule has 0 atom stereocenters. The highest BCUT2D eigenvalue weighted by Gasteiger charge is 1.86. The highest BCUT2D eigenvalue weighted by atomic mass is 17.1. The fraction of sp³-hybridized carbons (Fsp3) is 0.333. The van der Waals surface area contributed by atoms with Crippen LogP contribution in [0.1, 0.15) is 54.0 Å². The van der Waals surface area contributed by atoms with Crippen molar-refractivity contribution in [3.63, 3.8) is 0 Å². The van der Waals surface area contributed by atoms with Gasteiger partial charge in [-0.15, -0.1) is 0 Å². The number of phenols is 2. The molecular formula is C27H44O4. The summed E-state index contributed by atoms with van der Waals surface area (Å²) in [7, 11) is 1.18. The summed E-state index contributed by atoms with van der Waals surface area (Å²) in [5, 5.41) is 24.6. The number of phenolic OH excluding ortho intramolecular Hbond substituents is 2. The second-order valence-electron chi connectivity index (χ2n) is 4.69. The SMILES string of the molecule is CC.CC.CC.CCc1ccc(O)cc1.COO.Oc1ccccc1.c1ccccc1. The van der Waals surface area contributed by atoms with Crippen LogP contribution in [0.2, 0.25) is 0 Å². The van der Waals surface area contributed by atoms with Crippen molar-refractivity contribution in [2.75, 3.05) is 7.11 Å². The third-order valence-electron chi connectivity index (χ3n) is 2.77. The molecular weight excluding hydrogens is 388 g/mol. The molecule has 31 heavy (non-hydrogen) atoms. The molecule has 0 aliphatic heterocycles. The Morgan fingerprint density at radius 3 is 1.03 bits per heavy atom. The molecule has 0 fully saturated rings. The quantitative estimate of drug-likeness (QED) is 0.267. The molecule has 0 amide bonds. The smallest absolute Gasteiger partial charge is 0.115 e. The van der Waals surface area contributed by atoms with Gasteiger partial charge in [-0.3, -0.25) is 5.26 Å². The van der Waals surface area contributed by atoms with Crippen molar-refractivity contribution in [1.29, 1.82) is 0 Å². The van der Waals surface area contributed by atoms with Gasteiger partial charge in [-0.2, -0.15) is 0 Å². The molecule has 0 saturated heterocycles. The number of benzene rings is 3. The van der Waals surface area contributed by atoms with E-state index in [1.165, 1.54) is 12.7 Å². The normalized spacial score (nSPS) is 7.39. The molecule has 3 N–H and O–H groups in total. The molecule has 176 valence electrons. The Hall–Kier alpha value is -2.82. The fourth-order valence-corrected chi connectivity index (χ4v) is 1.54. The van der Waals surface area contributed by atoms with Gasteiger partial charge in [-0.05, 0) is 36.2 Å². The van der Waals surface area contributed by atoms with E-state index in [2.05, 4.69) is 11.8 Å². The first-order valence-electron chi connectivity index (χ1n) is 10.8. The topological polar surface area (TPSA) is 69.9 Å². The Kier molecular flexibility index (Phi) is 39.8. The third-order valence-corrected chi connectivity index (χ3v) is 2.77. The molecule has 0 aromatic heterocycles. The maximum absolute atomic E-state index is 8.85. The second-order valence-corrected chi connectivity index (χ2v) is 4.69. The number of para-hydroxylation sites is 1. The van der Waals surface area contributed by atoms with Crippen molar-refractivity contribution in [2.24, 2.45) is 0 Å². The van der Waals surface area contributed by atoms with Crippen LogP contribution >= 0.6 is 0 Å². The average Bonchev–Trinajstić information content (AvgIpc) is 2.86. The molecule has 0 saturated carbocycles. The van der Waals surface area contributed by atoms with E-state index in [0.717, 1.165) is 6.42 Å². The fourth-order valence-electron chi connectivity index (χ4n) is 1.54. The highest BCUT2D eigenvalue weighted by Crippen LogP contribution is 2.09. The third kappa shape index (κ3) is 32.1. The Morgan fingerprint density at radius 2 is 0.806 bits per heavy atom. The lowest BCUT2D eigenvalue weighted by Gasteiger charge is -1.93. The van der Waals surface area contributed by atoms with Crippen molar-refractivity contribution in [3.05, 3.63) is 96.6 Å². The molecule has 0 unspecified atom stereocenters. The molecule has 0 aliphatic carbocycles. The van der Waals surface area contributed by atoms with E-state index in [9.17, 15) is 0 Å². The lowest BCUT2D eigenvalue weighted by Crippen LogP contribution is -1.75. The monoisotopic (exact) mass is 432 g/mol. The predicted molar refractivity (Wildman–Crippen MR) is 136 cm³/mol. The van der Waals surface area contributed by atoms with Gasteiger partial charge in [0.2, 0.25) is 0 Å². The average molecular weight is 433 g/mol. The van der Waals surface area contributed by atoms with E-state index in [1.807, 2.05) is 96.1 Å². The van der Waals surface area contributed by atoms with Crippen molar-refractivity contribution < 1.29 is 20.4 Å². The molecule has 4 heteroatoms. The van der Waals surface area contributed by atoms with E-state index in [1.54, 1.807) is 36.4 Å². The molecule has 3 rings (SSSR count). The van der Waals surface area contributed by atoms with Gasteiger partial charge in [-0.25, -0.2) is 4.89 Å². The zero-order valence-corrected chi connectivity index (χ0v) is 20.6. The Labute approximate surface area is 190 Å². The minimum absolute atomic E-state index is 0.322. The van der Waals surface area contributed by atoms with Gasteiger partial charge >= 0.3 is 0 Å². The standard InChI is InChI=1S/C8H10O.C6H6O.C6H6.3C2H6.CH4O2/c1-2-7-3-5-8(9)6-4-7;7-6-4-2-1-3-5-6;1-2-4-6-5-3-1;3*1-2;1-3-2/h3-6,9H,2H2,1H3;1-5,7H;1-6H;3*1-2H3;2H,1H3. The lowest BCUT2D eigenvalue weighted by molar-refractivity contribution is -0.214. The Morgan fingerprint density at radius 1 is 0.548 bits per heavy atom. The van der Waals surface area contributed by atoms with Crippen LogP contribution in [0.4, 0.5) is 0 Å². The second kappa shape index (κ2) is 34.7. The van der Waals surface area contributed by atoms with Crippen molar-refractivity contribution in [3.8, 4) is 11.5 Å². The molecule has 3 aromatic rings. The van der Waals surface area contributed by atoms with E-state index in [-0.39, 0.29) is 0 Å². The number of hydrogen-bond acceptors (Lipinski definition) is 4. The van der Waals surface area contributed by atoms with E-state index in [4.69, 9.17) is 15.5 Å². The Bertz CT molecular complexity index is 585. The predicted octanol–water partition coefficient (Wildman–Crippen LogP) is 8.22. The number of aryl methyl sites for hydroxylation is 1. The van der Waals surface area contributed by atoms with Crippen LogP contribution in [-0.4, -0.2) is 22.6 Å². The molecule has 0 bridgehead atoms. The first-order valence-corrected chi connectivity index (χ1v) is 10.8. The summed E-state index contributed by atoms with van der Waals surface area (Å²) < 4.78 is 0. The minimum Gasteiger partial charge on any atom is -0.508 e. The molecule has 0 heterocycles. The molecule has 0 radical (unpaired) electrons. The molecule has 3 aromatic carbocycles. The summed E-state index contributed by atoms with van der Waals surface area (Å²) in [6, 6.07) is 28.0. The van der Waals surface area contributed by atoms with E-state index < -0.39 is 0 Å². The largest absolute Gasteiger partial charge is 0.508 e. The maximum Gasteiger partial charge on any atom is 0.115 e. The summed E-state index contributed by atoms with van der Waals surface area (Å²) in [6.07, 6.45) is 1.03. The van der Waals surface area contributed by atoms with Crippen LogP contribution in [0.3, 0.4) is 0 Å². The van der Waals surface area contributed by atoms with Gasteiger partial charge in [0.15, 0.2) is 0 Å². The number of aromatic hydroxyl groups is 2. The van der Waals surface area contributed by atoms with Crippen LogP contribution in [0.15, 0.2) is 91.0 Å². The summed E-state index contributed by atoms with van der Waals surface area (Å²) in [5.41, 5.74) is 1.26. The van der Waals surface area contributed by atoms with Gasteiger partial charge in [0.25, 0.3) is 0 Å². The van der Waals surface area contributed by atoms with Crippen LogP contribution in [0, 0.1) is 0 Å². The summed E-state index contributed by atoms with van der Waals surface area (Å²) >= 11 is 0. The zero-order valence-electron chi connectivity index (χ0n) is 20.6. The van der Waals surface area contributed by atoms with Crippen LogP contribution in [0.5, 0.6) is 11.5 Å². The highest BCUT2D eigenvalue weighted by molar-refractivity contribution is 5.25. The molecule has 0 aliphatic rings.